The fourth-order valence-electron chi connectivity index (χ4n) is 5.26. The smallest absolute Gasteiger partial charge is 0.138 e. The van der Waals surface area contributed by atoms with E-state index < -0.39 is 0 Å². The van der Waals surface area contributed by atoms with E-state index in [2.05, 4.69) is 88.7 Å². The summed E-state index contributed by atoms with van der Waals surface area (Å²) >= 11 is 0. The van der Waals surface area contributed by atoms with Gasteiger partial charge in [0.1, 0.15) is 21.5 Å². The number of nitrogens with one attached hydrogen (secondary N) is 1. The van der Waals surface area contributed by atoms with Gasteiger partial charge < -0.3 is 9.88 Å². The standard InChI is InChI=1S/C33H21B2N3/c34-22-13-17-27-29(19-22)30-20-23(35)14-18-28(30)32-31(27)36-33(37-32)21-11-15-26(16-12-21)38(24-7-3-1-4-8-24)25-9-5-2-6-10-25/h1-20H,(H,36,37). The molecule has 7 rings (SSSR count). The lowest BCUT2D eigenvalue weighted by atomic mass is 9.88. The topological polar surface area (TPSA) is 31.9 Å². The van der Waals surface area contributed by atoms with Crippen LogP contribution >= 0.6 is 0 Å². The Morgan fingerprint density at radius 1 is 0.526 bits per heavy atom. The first-order valence-electron chi connectivity index (χ1n) is 12.6. The van der Waals surface area contributed by atoms with Gasteiger partial charge in [-0.15, -0.1) is 0 Å². The van der Waals surface area contributed by atoms with E-state index in [9.17, 15) is 0 Å². The molecule has 0 aliphatic heterocycles. The van der Waals surface area contributed by atoms with Crippen molar-refractivity contribution in [2.75, 3.05) is 4.90 Å². The third kappa shape index (κ3) is 3.75. The van der Waals surface area contributed by atoms with Crippen LogP contribution in [0.25, 0.3) is 44.0 Å². The number of nitrogens with zero attached hydrogens (tertiary/aromatic N) is 2. The Hall–Kier alpha value is -4.76. The van der Waals surface area contributed by atoms with Gasteiger partial charge in [0, 0.05) is 33.4 Å². The summed E-state index contributed by atoms with van der Waals surface area (Å²) in [7, 11) is 12.3. The van der Waals surface area contributed by atoms with Gasteiger partial charge in [0.15, 0.2) is 0 Å². The monoisotopic (exact) mass is 481 g/mol. The number of anilines is 3. The number of hydrogen-bond donors (Lipinski definition) is 1. The first kappa shape index (κ1) is 22.4. The Morgan fingerprint density at radius 2 is 1.05 bits per heavy atom. The molecule has 0 bridgehead atoms. The number of benzene rings is 6. The van der Waals surface area contributed by atoms with Crippen molar-refractivity contribution in [3.05, 3.63) is 121 Å². The lowest BCUT2D eigenvalue weighted by molar-refractivity contribution is 1.28. The Morgan fingerprint density at radius 3 is 1.66 bits per heavy atom. The third-order valence-electron chi connectivity index (χ3n) is 7.03. The average Bonchev–Trinajstić information content (AvgIpc) is 3.40. The highest BCUT2D eigenvalue weighted by Gasteiger charge is 2.16. The largest absolute Gasteiger partial charge is 0.337 e. The van der Waals surface area contributed by atoms with Crippen LogP contribution in [0.1, 0.15) is 0 Å². The van der Waals surface area contributed by atoms with Crippen molar-refractivity contribution in [2.24, 2.45) is 0 Å². The number of imidazole rings is 1. The van der Waals surface area contributed by atoms with Crippen LogP contribution in [0.3, 0.4) is 0 Å². The van der Waals surface area contributed by atoms with E-state index in [1.165, 1.54) is 0 Å². The molecule has 38 heavy (non-hydrogen) atoms. The molecule has 0 aliphatic carbocycles. The fraction of sp³-hybridized carbons (Fsp3) is 0. The van der Waals surface area contributed by atoms with Crippen LogP contribution in [0, 0.1) is 0 Å². The van der Waals surface area contributed by atoms with E-state index in [1.807, 2.05) is 42.5 Å². The first-order chi connectivity index (χ1) is 18.7. The van der Waals surface area contributed by atoms with Crippen molar-refractivity contribution in [1.29, 1.82) is 0 Å². The normalized spacial score (nSPS) is 11.4. The Balaban J connectivity index is 1.37. The van der Waals surface area contributed by atoms with Crippen molar-refractivity contribution >= 4 is 76.3 Å². The molecule has 1 N–H and O–H groups in total. The van der Waals surface area contributed by atoms with E-state index in [0.29, 0.717) is 5.46 Å². The van der Waals surface area contributed by atoms with Crippen molar-refractivity contribution in [3.8, 4) is 11.4 Å². The Bertz CT molecular complexity index is 1810. The van der Waals surface area contributed by atoms with Crippen LogP contribution in [-0.2, 0) is 0 Å². The van der Waals surface area contributed by atoms with E-state index in [0.717, 1.165) is 66.5 Å². The van der Waals surface area contributed by atoms with Crippen LogP contribution in [0.2, 0.25) is 0 Å². The second-order valence-electron chi connectivity index (χ2n) is 9.47. The number of para-hydroxylation sites is 2. The molecule has 0 spiro atoms. The molecule has 0 fully saturated rings. The molecule has 3 nitrogen and oxygen atoms in total. The zero-order valence-electron chi connectivity index (χ0n) is 20.6. The number of fused-ring (bicyclic) bond motifs is 6. The van der Waals surface area contributed by atoms with Gasteiger partial charge in [-0.2, -0.15) is 0 Å². The molecule has 0 saturated carbocycles. The van der Waals surface area contributed by atoms with Crippen LogP contribution in [0.4, 0.5) is 17.1 Å². The summed E-state index contributed by atoms with van der Waals surface area (Å²) in [6.45, 7) is 0. The summed E-state index contributed by atoms with van der Waals surface area (Å²) in [6, 6.07) is 41.3. The summed E-state index contributed by atoms with van der Waals surface area (Å²) in [5.41, 5.74) is 7.64. The number of aromatic amines is 1. The van der Waals surface area contributed by atoms with E-state index in [4.69, 9.17) is 20.7 Å². The van der Waals surface area contributed by atoms with Gasteiger partial charge in [-0.3, -0.25) is 0 Å². The highest BCUT2D eigenvalue weighted by molar-refractivity contribution is 6.37. The molecule has 1 heterocycles. The summed E-state index contributed by atoms with van der Waals surface area (Å²) in [5, 5.41) is 4.23. The predicted octanol–water partition coefficient (Wildman–Crippen LogP) is 6.59. The summed E-state index contributed by atoms with van der Waals surface area (Å²) < 4.78 is 0. The van der Waals surface area contributed by atoms with Crippen LogP contribution in [-0.4, -0.2) is 25.7 Å². The third-order valence-corrected chi connectivity index (χ3v) is 7.03. The lowest BCUT2D eigenvalue weighted by Crippen LogP contribution is -2.09. The van der Waals surface area contributed by atoms with Crippen LogP contribution in [0.5, 0.6) is 0 Å². The van der Waals surface area contributed by atoms with Crippen molar-refractivity contribution < 1.29 is 0 Å². The van der Waals surface area contributed by atoms with Gasteiger partial charge >= 0.3 is 0 Å². The maximum absolute atomic E-state index is 6.15. The Kier molecular flexibility index (Phi) is 5.29. The zero-order chi connectivity index (χ0) is 25.6. The molecule has 1 aromatic heterocycles. The molecule has 7 aromatic rings. The van der Waals surface area contributed by atoms with Gasteiger partial charge in [0.2, 0.25) is 0 Å². The number of hydrogen-bond acceptors (Lipinski definition) is 2. The SMILES string of the molecule is [B]c1ccc2c(c1)c1cc([B])ccc1c1[nH]c(-c3ccc(N(c4ccccc4)c4ccccc4)cc3)nc21. The van der Waals surface area contributed by atoms with Gasteiger partial charge in [-0.05, 0) is 59.3 Å². The molecular formula is C33H21B2N3. The minimum Gasteiger partial charge on any atom is -0.337 e. The Labute approximate surface area is 223 Å². The van der Waals surface area contributed by atoms with Crippen molar-refractivity contribution in [2.45, 2.75) is 0 Å². The maximum atomic E-state index is 6.15. The number of aromatic nitrogens is 2. The molecule has 4 radical (unpaired) electrons. The van der Waals surface area contributed by atoms with Gasteiger partial charge in [-0.1, -0.05) is 83.7 Å². The predicted molar refractivity (Wildman–Crippen MR) is 162 cm³/mol. The second kappa shape index (κ2) is 8.97. The van der Waals surface area contributed by atoms with Crippen molar-refractivity contribution in [3.63, 3.8) is 0 Å². The average molecular weight is 481 g/mol. The molecule has 0 atom stereocenters. The molecule has 0 saturated heterocycles. The van der Waals surface area contributed by atoms with Crippen LogP contribution in [0.15, 0.2) is 121 Å². The minimum atomic E-state index is 0.716. The van der Waals surface area contributed by atoms with Gasteiger partial charge in [-0.25, -0.2) is 4.98 Å². The van der Waals surface area contributed by atoms with E-state index >= 15 is 0 Å². The highest BCUT2D eigenvalue weighted by atomic mass is 15.1. The van der Waals surface area contributed by atoms with E-state index in [1.54, 1.807) is 0 Å². The molecular weight excluding hydrogens is 460 g/mol. The number of rotatable bonds is 4. The minimum absolute atomic E-state index is 0.716. The second-order valence-corrected chi connectivity index (χ2v) is 9.47. The van der Waals surface area contributed by atoms with Crippen molar-refractivity contribution in [1.82, 2.24) is 9.97 Å². The van der Waals surface area contributed by atoms with Gasteiger partial charge in [0.05, 0.1) is 11.0 Å². The molecule has 0 amide bonds. The molecule has 6 aromatic carbocycles. The number of H-pyrrole nitrogens is 1. The summed E-state index contributed by atoms with van der Waals surface area (Å²) in [5.74, 6) is 0.819. The first-order valence-corrected chi connectivity index (χ1v) is 12.6. The van der Waals surface area contributed by atoms with E-state index in [-0.39, 0.29) is 0 Å². The maximum Gasteiger partial charge on any atom is 0.138 e. The molecule has 0 unspecified atom stereocenters. The molecule has 174 valence electrons. The summed E-state index contributed by atoms with van der Waals surface area (Å²) in [6.07, 6.45) is 0. The quantitative estimate of drug-likeness (QED) is 0.227. The summed E-state index contributed by atoms with van der Waals surface area (Å²) in [4.78, 5) is 10.9. The van der Waals surface area contributed by atoms with Gasteiger partial charge in [0.25, 0.3) is 0 Å². The van der Waals surface area contributed by atoms with Crippen LogP contribution < -0.4 is 15.8 Å². The lowest BCUT2D eigenvalue weighted by Gasteiger charge is -2.25. The zero-order valence-corrected chi connectivity index (χ0v) is 20.6. The highest BCUT2D eigenvalue weighted by Crippen LogP contribution is 2.37. The fourth-order valence-corrected chi connectivity index (χ4v) is 5.26. The molecule has 0 aliphatic rings. The molecule has 5 heteroatoms.